The van der Waals surface area contributed by atoms with Crippen molar-refractivity contribution in [2.75, 3.05) is 0 Å². The van der Waals surface area contributed by atoms with Crippen LogP contribution in [0.3, 0.4) is 0 Å². The molecule has 11 heavy (non-hydrogen) atoms. The standard InChI is InChI=1S/C9H9NO/c1-2-7-3-4-9-8(5-7)10-6-11-9/h3-6H,2H2,1H3. The molecule has 2 aromatic rings. The molecule has 0 fully saturated rings. The van der Waals surface area contributed by atoms with Crippen LogP contribution in [0.4, 0.5) is 0 Å². The van der Waals surface area contributed by atoms with Crippen LogP contribution >= 0.6 is 0 Å². The Bertz CT molecular complexity index is 364. The first-order chi connectivity index (χ1) is 5.40. The maximum Gasteiger partial charge on any atom is 0.181 e. The van der Waals surface area contributed by atoms with E-state index in [4.69, 9.17) is 4.42 Å². The van der Waals surface area contributed by atoms with Crippen molar-refractivity contribution < 1.29 is 4.42 Å². The van der Waals surface area contributed by atoms with Crippen molar-refractivity contribution in [2.24, 2.45) is 0 Å². The normalized spacial score (nSPS) is 10.6. The molecule has 0 aliphatic carbocycles. The van der Waals surface area contributed by atoms with Crippen LogP contribution < -0.4 is 0 Å². The molecule has 56 valence electrons. The SMILES string of the molecule is CCc1ccc2ocnc2c1. The van der Waals surface area contributed by atoms with Crippen molar-refractivity contribution in [3.05, 3.63) is 30.2 Å². The van der Waals surface area contributed by atoms with Crippen molar-refractivity contribution >= 4 is 11.1 Å². The second-order valence-corrected chi connectivity index (χ2v) is 2.51. The number of rotatable bonds is 1. The summed E-state index contributed by atoms with van der Waals surface area (Å²) in [5, 5.41) is 0. The molecule has 0 N–H and O–H groups in total. The Balaban J connectivity index is 2.67. The van der Waals surface area contributed by atoms with E-state index < -0.39 is 0 Å². The lowest BCUT2D eigenvalue weighted by Crippen LogP contribution is -1.77. The van der Waals surface area contributed by atoms with E-state index in [2.05, 4.69) is 24.0 Å². The van der Waals surface area contributed by atoms with Gasteiger partial charge in [0.25, 0.3) is 0 Å². The van der Waals surface area contributed by atoms with Crippen LogP contribution in [0.2, 0.25) is 0 Å². The fraction of sp³-hybridized carbons (Fsp3) is 0.222. The van der Waals surface area contributed by atoms with Crippen LogP contribution in [0.25, 0.3) is 11.1 Å². The molecule has 1 heterocycles. The zero-order valence-corrected chi connectivity index (χ0v) is 6.37. The zero-order chi connectivity index (χ0) is 7.68. The van der Waals surface area contributed by atoms with Crippen molar-refractivity contribution in [3.8, 4) is 0 Å². The second kappa shape index (κ2) is 2.38. The average Bonchev–Trinajstić information content (AvgIpc) is 2.50. The Labute approximate surface area is 64.9 Å². The molecule has 1 aromatic heterocycles. The van der Waals surface area contributed by atoms with Crippen LogP contribution in [-0.4, -0.2) is 4.98 Å². The summed E-state index contributed by atoms with van der Waals surface area (Å²) < 4.78 is 5.11. The molecule has 2 nitrogen and oxygen atoms in total. The molecule has 1 aromatic carbocycles. The predicted molar refractivity (Wildman–Crippen MR) is 43.4 cm³/mol. The van der Waals surface area contributed by atoms with Gasteiger partial charge in [-0.15, -0.1) is 0 Å². The van der Waals surface area contributed by atoms with Gasteiger partial charge in [0, 0.05) is 0 Å². The minimum absolute atomic E-state index is 0.863. The highest BCUT2D eigenvalue weighted by Crippen LogP contribution is 2.13. The lowest BCUT2D eigenvalue weighted by molar-refractivity contribution is 0.602. The van der Waals surface area contributed by atoms with Crippen LogP contribution in [0.15, 0.2) is 29.0 Å². The summed E-state index contributed by atoms with van der Waals surface area (Å²) >= 11 is 0. The number of hydrogen-bond donors (Lipinski definition) is 0. The fourth-order valence-electron chi connectivity index (χ4n) is 1.12. The Hall–Kier alpha value is -1.31. The number of aryl methyl sites for hydroxylation is 1. The Morgan fingerprint density at radius 1 is 1.45 bits per heavy atom. The number of nitrogens with zero attached hydrogens (tertiary/aromatic N) is 1. The maximum atomic E-state index is 5.11. The van der Waals surface area contributed by atoms with Crippen molar-refractivity contribution in [2.45, 2.75) is 13.3 Å². The summed E-state index contributed by atoms with van der Waals surface area (Å²) in [6, 6.07) is 6.08. The predicted octanol–water partition coefficient (Wildman–Crippen LogP) is 2.39. The number of fused-ring (bicyclic) bond motifs is 1. The summed E-state index contributed by atoms with van der Waals surface area (Å²) in [4.78, 5) is 4.06. The molecule has 0 radical (unpaired) electrons. The topological polar surface area (TPSA) is 26.0 Å². The summed E-state index contributed by atoms with van der Waals surface area (Å²) in [6.45, 7) is 2.13. The molecule has 0 saturated heterocycles. The third kappa shape index (κ3) is 1.00. The third-order valence-corrected chi connectivity index (χ3v) is 1.80. The lowest BCUT2D eigenvalue weighted by atomic mass is 10.1. The van der Waals surface area contributed by atoms with Gasteiger partial charge in [-0.3, -0.25) is 0 Å². The quantitative estimate of drug-likeness (QED) is 0.619. The van der Waals surface area contributed by atoms with E-state index in [0.29, 0.717) is 0 Å². The van der Waals surface area contributed by atoms with E-state index in [1.165, 1.54) is 12.0 Å². The van der Waals surface area contributed by atoms with Gasteiger partial charge >= 0.3 is 0 Å². The molecule has 0 unspecified atom stereocenters. The number of benzene rings is 1. The molecule has 0 spiro atoms. The van der Waals surface area contributed by atoms with E-state index >= 15 is 0 Å². The zero-order valence-electron chi connectivity index (χ0n) is 6.37. The molecule has 0 aliphatic rings. The fourth-order valence-corrected chi connectivity index (χ4v) is 1.12. The Kier molecular flexibility index (Phi) is 1.39. The van der Waals surface area contributed by atoms with Gasteiger partial charge < -0.3 is 4.42 Å². The van der Waals surface area contributed by atoms with Gasteiger partial charge in [0.2, 0.25) is 0 Å². The van der Waals surface area contributed by atoms with E-state index in [-0.39, 0.29) is 0 Å². The Morgan fingerprint density at radius 2 is 2.36 bits per heavy atom. The largest absolute Gasteiger partial charge is 0.443 e. The van der Waals surface area contributed by atoms with Crippen LogP contribution in [0.1, 0.15) is 12.5 Å². The number of aromatic nitrogens is 1. The minimum Gasteiger partial charge on any atom is -0.443 e. The van der Waals surface area contributed by atoms with Crippen LogP contribution in [-0.2, 0) is 6.42 Å². The molecule has 2 heteroatoms. The highest BCUT2D eigenvalue weighted by Gasteiger charge is 1.97. The van der Waals surface area contributed by atoms with Gasteiger partial charge in [0.15, 0.2) is 12.0 Å². The monoisotopic (exact) mass is 147 g/mol. The smallest absolute Gasteiger partial charge is 0.181 e. The van der Waals surface area contributed by atoms with Gasteiger partial charge in [-0.05, 0) is 24.1 Å². The van der Waals surface area contributed by atoms with E-state index in [1.807, 2.05) is 6.07 Å². The van der Waals surface area contributed by atoms with Crippen molar-refractivity contribution in [1.29, 1.82) is 0 Å². The van der Waals surface area contributed by atoms with Gasteiger partial charge in [0.1, 0.15) is 5.52 Å². The van der Waals surface area contributed by atoms with Crippen LogP contribution in [0.5, 0.6) is 0 Å². The average molecular weight is 147 g/mol. The van der Waals surface area contributed by atoms with E-state index in [0.717, 1.165) is 17.5 Å². The Morgan fingerprint density at radius 3 is 3.18 bits per heavy atom. The molecular weight excluding hydrogens is 138 g/mol. The summed E-state index contributed by atoms with van der Waals surface area (Å²) in [6.07, 6.45) is 2.52. The first kappa shape index (κ1) is 6.40. The van der Waals surface area contributed by atoms with E-state index in [9.17, 15) is 0 Å². The number of hydrogen-bond acceptors (Lipinski definition) is 2. The number of oxazole rings is 1. The molecule has 2 rings (SSSR count). The third-order valence-electron chi connectivity index (χ3n) is 1.80. The van der Waals surface area contributed by atoms with Gasteiger partial charge in [-0.25, -0.2) is 4.98 Å². The van der Waals surface area contributed by atoms with Gasteiger partial charge in [-0.2, -0.15) is 0 Å². The molecule has 0 aliphatic heterocycles. The van der Waals surface area contributed by atoms with Gasteiger partial charge in [0.05, 0.1) is 0 Å². The molecule has 0 amide bonds. The first-order valence-electron chi connectivity index (χ1n) is 3.72. The molecular formula is C9H9NO. The summed E-state index contributed by atoms with van der Waals surface area (Å²) in [7, 11) is 0. The maximum absolute atomic E-state index is 5.11. The lowest BCUT2D eigenvalue weighted by Gasteiger charge is -1.92. The first-order valence-corrected chi connectivity index (χ1v) is 3.72. The summed E-state index contributed by atoms with van der Waals surface area (Å²) in [5.74, 6) is 0. The van der Waals surface area contributed by atoms with Crippen molar-refractivity contribution in [1.82, 2.24) is 4.98 Å². The summed E-state index contributed by atoms with van der Waals surface area (Å²) in [5.41, 5.74) is 3.11. The molecule has 0 saturated carbocycles. The van der Waals surface area contributed by atoms with Gasteiger partial charge in [-0.1, -0.05) is 13.0 Å². The highest BCUT2D eigenvalue weighted by molar-refractivity contribution is 5.72. The second-order valence-electron chi connectivity index (χ2n) is 2.51. The van der Waals surface area contributed by atoms with Crippen LogP contribution in [0, 0.1) is 0 Å². The molecule has 0 bridgehead atoms. The van der Waals surface area contributed by atoms with Crippen molar-refractivity contribution in [3.63, 3.8) is 0 Å². The van der Waals surface area contributed by atoms with E-state index in [1.54, 1.807) is 0 Å². The minimum atomic E-state index is 0.863. The molecule has 0 atom stereocenters. The highest BCUT2D eigenvalue weighted by atomic mass is 16.3.